The normalized spacial score (nSPS) is 14.2. The third kappa shape index (κ3) is 3.33. The van der Waals surface area contributed by atoms with Crippen molar-refractivity contribution in [1.82, 2.24) is 9.36 Å². The van der Waals surface area contributed by atoms with E-state index in [1.165, 1.54) is 0 Å². The largest absolute Gasteiger partial charge is 0.452 e. The third-order valence-corrected chi connectivity index (χ3v) is 2.88. The van der Waals surface area contributed by atoms with Crippen molar-refractivity contribution in [3.05, 3.63) is 5.82 Å². The van der Waals surface area contributed by atoms with Crippen LogP contribution in [0.15, 0.2) is 0 Å². The first-order chi connectivity index (χ1) is 7.34. The first-order valence-corrected chi connectivity index (χ1v) is 5.79. The molecule has 3 nitrogen and oxygen atoms in total. The summed E-state index contributed by atoms with van der Waals surface area (Å²) in [6.07, 6.45) is -3.63. The molecule has 0 fully saturated rings. The average molecular weight is 253 g/mol. The molecule has 0 radical (unpaired) electrons. The third-order valence-electron chi connectivity index (χ3n) is 2.23. The van der Waals surface area contributed by atoms with E-state index in [2.05, 4.69) is 14.7 Å². The van der Waals surface area contributed by atoms with Gasteiger partial charge in [-0.1, -0.05) is 20.8 Å². The highest BCUT2D eigenvalue weighted by Crippen LogP contribution is 2.29. The Morgan fingerprint density at radius 1 is 1.38 bits per heavy atom. The fourth-order valence-electron chi connectivity index (χ4n) is 1.30. The second-order valence-electron chi connectivity index (χ2n) is 3.82. The van der Waals surface area contributed by atoms with Crippen LogP contribution in [0.25, 0.3) is 0 Å². The summed E-state index contributed by atoms with van der Waals surface area (Å²) < 4.78 is 40.0. The Morgan fingerprint density at radius 3 is 2.38 bits per heavy atom. The standard InChI is InChI=1S/C9H14F3N3S/c1-4-6(5(2)3)13-8-14-7(15-16-8)9(10,11)12/h5-6H,4H2,1-3H3,(H,13,14,15). The van der Waals surface area contributed by atoms with Gasteiger partial charge in [-0.05, 0) is 12.3 Å². The van der Waals surface area contributed by atoms with E-state index in [1.54, 1.807) is 0 Å². The summed E-state index contributed by atoms with van der Waals surface area (Å²) >= 11 is 0.745. The van der Waals surface area contributed by atoms with Gasteiger partial charge in [0.2, 0.25) is 11.0 Å². The molecule has 1 heterocycles. The maximum absolute atomic E-state index is 12.2. The van der Waals surface area contributed by atoms with Crippen molar-refractivity contribution in [2.45, 2.75) is 39.4 Å². The first kappa shape index (κ1) is 13.2. The van der Waals surface area contributed by atoms with E-state index in [9.17, 15) is 13.2 Å². The van der Waals surface area contributed by atoms with Crippen molar-refractivity contribution in [3.8, 4) is 0 Å². The fourth-order valence-corrected chi connectivity index (χ4v) is 1.94. The Balaban J connectivity index is 2.72. The first-order valence-electron chi connectivity index (χ1n) is 5.02. The van der Waals surface area contributed by atoms with E-state index in [0.29, 0.717) is 5.92 Å². The predicted molar refractivity (Wildman–Crippen MR) is 57.5 cm³/mol. The minimum absolute atomic E-state index is 0.119. The summed E-state index contributed by atoms with van der Waals surface area (Å²) in [6, 6.07) is 0.119. The van der Waals surface area contributed by atoms with Crippen LogP contribution in [0, 0.1) is 5.92 Å². The van der Waals surface area contributed by atoms with Gasteiger partial charge in [0.25, 0.3) is 0 Å². The molecule has 0 amide bonds. The number of hydrogen-bond donors (Lipinski definition) is 1. The fraction of sp³-hybridized carbons (Fsp3) is 0.778. The minimum Gasteiger partial charge on any atom is -0.357 e. The highest BCUT2D eigenvalue weighted by Gasteiger charge is 2.36. The zero-order chi connectivity index (χ0) is 12.3. The topological polar surface area (TPSA) is 37.8 Å². The second kappa shape index (κ2) is 4.99. The van der Waals surface area contributed by atoms with Gasteiger partial charge in [-0.15, -0.1) is 0 Å². The lowest BCUT2D eigenvalue weighted by molar-refractivity contribution is -0.144. The minimum atomic E-state index is -4.46. The molecule has 92 valence electrons. The van der Waals surface area contributed by atoms with Crippen molar-refractivity contribution < 1.29 is 13.2 Å². The van der Waals surface area contributed by atoms with E-state index >= 15 is 0 Å². The van der Waals surface area contributed by atoms with Crippen molar-refractivity contribution in [2.75, 3.05) is 5.32 Å². The molecule has 1 aromatic rings. The smallest absolute Gasteiger partial charge is 0.357 e. The van der Waals surface area contributed by atoms with Gasteiger partial charge in [0.15, 0.2) is 0 Å². The number of hydrogen-bond acceptors (Lipinski definition) is 4. The van der Waals surface area contributed by atoms with Crippen LogP contribution in [0.5, 0.6) is 0 Å². The lowest BCUT2D eigenvalue weighted by atomic mass is 10.0. The number of halogens is 3. The molecule has 1 aromatic heterocycles. The zero-order valence-electron chi connectivity index (χ0n) is 9.30. The van der Waals surface area contributed by atoms with Gasteiger partial charge < -0.3 is 5.32 Å². The molecule has 0 bridgehead atoms. The summed E-state index contributed by atoms with van der Waals surface area (Å²) in [5.74, 6) is -0.734. The summed E-state index contributed by atoms with van der Waals surface area (Å²) in [5.41, 5.74) is 0. The molecule has 16 heavy (non-hydrogen) atoms. The maximum Gasteiger partial charge on any atom is 0.452 e. The van der Waals surface area contributed by atoms with Gasteiger partial charge in [-0.3, -0.25) is 0 Å². The van der Waals surface area contributed by atoms with Crippen molar-refractivity contribution in [1.29, 1.82) is 0 Å². The van der Waals surface area contributed by atoms with Crippen molar-refractivity contribution >= 4 is 16.7 Å². The molecule has 0 aliphatic heterocycles. The zero-order valence-corrected chi connectivity index (χ0v) is 10.1. The molecule has 1 rings (SSSR count). The van der Waals surface area contributed by atoms with Crippen LogP contribution in [-0.2, 0) is 6.18 Å². The molecule has 0 spiro atoms. The molecule has 1 unspecified atom stereocenters. The molecular formula is C9H14F3N3S. The summed E-state index contributed by atoms with van der Waals surface area (Å²) in [6.45, 7) is 5.99. The van der Waals surface area contributed by atoms with Gasteiger partial charge >= 0.3 is 6.18 Å². The van der Waals surface area contributed by atoms with Crippen LogP contribution in [0.3, 0.4) is 0 Å². The van der Waals surface area contributed by atoms with E-state index in [0.717, 1.165) is 18.0 Å². The van der Waals surface area contributed by atoms with Crippen molar-refractivity contribution in [3.63, 3.8) is 0 Å². The Kier molecular flexibility index (Phi) is 4.12. The number of rotatable bonds is 4. The number of nitrogens with one attached hydrogen (secondary N) is 1. The SMILES string of the molecule is CCC(Nc1nc(C(F)(F)F)ns1)C(C)C. The molecule has 0 aliphatic carbocycles. The predicted octanol–water partition coefficient (Wildman–Crippen LogP) is 3.40. The van der Waals surface area contributed by atoms with Gasteiger partial charge in [0, 0.05) is 17.6 Å². The van der Waals surface area contributed by atoms with Crippen LogP contribution >= 0.6 is 11.5 Å². The lowest BCUT2D eigenvalue weighted by Crippen LogP contribution is -2.24. The summed E-state index contributed by atoms with van der Waals surface area (Å²) in [5, 5.41) is 3.20. The van der Waals surface area contributed by atoms with Crippen LogP contribution in [-0.4, -0.2) is 15.4 Å². The quantitative estimate of drug-likeness (QED) is 0.893. The number of alkyl halides is 3. The highest BCUT2D eigenvalue weighted by atomic mass is 32.1. The molecule has 0 saturated heterocycles. The molecule has 1 N–H and O–H groups in total. The average Bonchev–Trinajstić information content (AvgIpc) is 2.61. The van der Waals surface area contributed by atoms with Crippen LogP contribution < -0.4 is 5.32 Å². The van der Waals surface area contributed by atoms with Crippen LogP contribution in [0.2, 0.25) is 0 Å². The van der Waals surface area contributed by atoms with Gasteiger partial charge in [-0.25, -0.2) is 0 Å². The molecule has 0 aromatic carbocycles. The highest BCUT2D eigenvalue weighted by molar-refractivity contribution is 7.09. The number of nitrogens with zero attached hydrogens (tertiary/aromatic N) is 2. The second-order valence-corrected chi connectivity index (χ2v) is 4.58. The Morgan fingerprint density at radius 2 is 2.00 bits per heavy atom. The van der Waals surface area contributed by atoms with E-state index in [-0.39, 0.29) is 11.2 Å². The van der Waals surface area contributed by atoms with E-state index in [1.807, 2.05) is 20.8 Å². The van der Waals surface area contributed by atoms with Crippen LogP contribution in [0.4, 0.5) is 18.3 Å². The Hall–Kier alpha value is -0.850. The van der Waals surface area contributed by atoms with Gasteiger partial charge in [-0.2, -0.15) is 22.5 Å². The Labute approximate surface area is 96.3 Å². The molecule has 0 aliphatic rings. The molecule has 0 saturated carbocycles. The number of anilines is 1. The maximum atomic E-state index is 12.2. The molecular weight excluding hydrogens is 239 g/mol. The van der Waals surface area contributed by atoms with Gasteiger partial charge in [0.05, 0.1) is 0 Å². The van der Waals surface area contributed by atoms with E-state index in [4.69, 9.17) is 0 Å². The molecule has 7 heteroatoms. The molecule has 1 atom stereocenters. The summed E-state index contributed by atoms with van der Waals surface area (Å²) in [7, 11) is 0. The van der Waals surface area contributed by atoms with E-state index < -0.39 is 12.0 Å². The Bertz CT molecular complexity index is 335. The monoisotopic (exact) mass is 253 g/mol. The van der Waals surface area contributed by atoms with Crippen LogP contribution in [0.1, 0.15) is 33.0 Å². The lowest BCUT2D eigenvalue weighted by Gasteiger charge is -2.19. The summed E-state index contributed by atoms with van der Waals surface area (Å²) in [4.78, 5) is 3.42. The number of aromatic nitrogens is 2. The van der Waals surface area contributed by atoms with Gasteiger partial charge in [0.1, 0.15) is 0 Å². The van der Waals surface area contributed by atoms with Crippen molar-refractivity contribution in [2.24, 2.45) is 5.92 Å².